The van der Waals surface area contributed by atoms with E-state index in [1.807, 2.05) is 0 Å². The molecule has 1 N–H and O–H groups in total. The zero-order chi connectivity index (χ0) is 30.4. The number of aliphatic hydroxyl groups excluding tert-OH is 1. The van der Waals surface area contributed by atoms with E-state index in [9.17, 15) is 14.7 Å². The monoisotopic (exact) mass is 583 g/mol. The Morgan fingerprint density at radius 3 is 0.951 bits per heavy atom. The zero-order valence-corrected chi connectivity index (χ0v) is 27.9. The third-order valence-electron chi connectivity index (χ3n) is 7.95. The van der Waals surface area contributed by atoms with Crippen LogP contribution in [0.5, 0.6) is 0 Å². The summed E-state index contributed by atoms with van der Waals surface area (Å²) in [6.07, 6.45) is 28.8. The van der Waals surface area contributed by atoms with Crippen molar-refractivity contribution < 1.29 is 24.2 Å². The van der Waals surface area contributed by atoms with E-state index in [4.69, 9.17) is 9.47 Å². The van der Waals surface area contributed by atoms with E-state index in [0.29, 0.717) is 12.8 Å². The van der Waals surface area contributed by atoms with Gasteiger partial charge in [0.15, 0.2) is 0 Å². The second-order valence-corrected chi connectivity index (χ2v) is 13.3. The Bertz CT molecular complexity index is 574. The summed E-state index contributed by atoms with van der Waals surface area (Å²) in [5.74, 6) is 1.07. The summed E-state index contributed by atoms with van der Waals surface area (Å²) in [7, 11) is 0. The minimum atomic E-state index is -0.955. The van der Waals surface area contributed by atoms with Crippen LogP contribution in [0.1, 0.15) is 188 Å². The Morgan fingerprint density at radius 2 is 0.683 bits per heavy atom. The number of carbonyl (C=O) groups excluding carboxylic acids is 2. The highest BCUT2D eigenvalue weighted by molar-refractivity contribution is 5.69. The Balaban J connectivity index is 3.38. The number of esters is 2. The van der Waals surface area contributed by atoms with Crippen molar-refractivity contribution in [2.24, 2.45) is 11.8 Å². The van der Waals surface area contributed by atoms with Gasteiger partial charge in [0.1, 0.15) is 19.3 Å². The minimum absolute atomic E-state index is 0.110. The Morgan fingerprint density at radius 1 is 0.439 bits per heavy atom. The van der Waals surface area contributed by atoms with Crippen LogP contribution in [0.3, 0.4) is 0 Å². The molecule has 0 amide bonds. The van der Waals surface area contributed by atoms with E-state index in [1.54, 1.807) is 0 Å². The Hall–Kier alpha value is -1.10. The molecule has 0 aromatic carbocycles. The molecule has 0 aliphatic heterocycles. The normalized spacial score (nSPS) is 12.3. The summed E-state index contributed by atoms with van der Waals surface area (Å²) >= 11 is 0. The van der Waals surface area contributed by atoms with Crippen molar-refractivity contribution in [3.63, 3.8) is 0 Å². The maximum atomic E-state index is 11.9. The van der Waals surface area contributed by atoms with Gasteiger partial charge < -0.3 is 14.6 Å². The van der Waals surface area contributed by atoms with E-state index in [2.05, 4.69) is 27.7 Å². The van der Waals surface area contributed by atoms with Gasteiger partial charge in [0.2, 0.25) is 0 Å². The molecule has 5 heteroatoms. The van der Waals surface area contributed by atoms with Crippen LogP contribution in [0, 0.1) is 11.8 Å². The highest BCUT2D eigenvalue weighted by atomic mass is 16.6. The van der Waals surface area contributed by atoms with Gasteiger partial charge in [-0.25, -0.2) is 0 Å². The highest BCUT2D eigenvalue weighted by Gasteiger charge is 2.12. The van der Waals surface area contributed by atoms with Crippen molar-refractivity contribution in [2.45, 2.75) is 194 Å². The van der Waals surface area contributed by atoms with E-state index >= 15 is 0 Å². The second-order valence-electron chi connectivity index (χ2n) is 13.3. The lowest BCUT2D eigenvalue weighted by Crippen LogP contribution is -2.25. The van der Waals surface area contributed by atoms with Crippen LogP contribution in [-0.4, -0.2) is 36.4 Å². The molecule has 0 aliphatic carbocycles. The second kappa shape index (κ2) is 30.4. The van der Waals surface area contributed by atoms with Crippen LogP contribution in [0.25, 0.3) is 0 Å². The maximum Gasteiger partial charge on any atom is 0.305 e. The van der Waals surface area contributed by atoms with Gasteiger partial charge in [-0.3, -0.25) is 9.59 Å². The molecule has 0 rings (SSSR count). The fourth-order valence-electron chi connectivity index (χ4n) is 5.22. The molecule has 41 heavy (non-hydrogen) atoms. The van der Waals surface area contributed by atoms with Crippen molar-refractivity contribution in [2.75, 3.05) is 13.2 Å². The molecule has 0 aromatic heterocycles. The van der Waals surface area contributed by atoms with E-state index < -0.39 is 6.10 Å². The summed E-state index contributed by atoms with van der Waals surface area (Å²) in [5, 5.41) is 9.95. The molecular weight excluding hydrogens is 512 g/mol. The number of hydrogen-bond acceptors (Lipinski definition) is 5. The van der Waals surface area contributed by atoms with E-state index in [1.165, 1.54) is 116 Å². The summed E-state index contributed by atoms with van der Waals surface area (Å²) in [5.41, 5.74) is 0. The van der Waals surface area contributed by atoms with Gasteiger partial charge in [-0.2, -0.15) is 0 Å². The lowest BCUT2D eigenvalue weighted by atomic mass is 10.0. The van der Waals surface area contributed by atoms with Crippen molar-refractivity contribution in [1.29, 1.82) is 0 Å². The minimum Gasteiger partial charge on any atom is -0.463 e. The lowest BCUT2D eigenvalue weighted by molar-refractivity contribution is -0.152. The lowest BCUT2D eigenvalue weighted by Gasteiger charge is -2.12. The van der Waals surface area contributed by atoms with Crippen LogP contribution in [0.4, 0.5) is 0 Å². The van der Waals surface area contributed by atoms with Crippen LogP contribution >= 0.6 is 0 Å². The topological polar surface area (TPSA) is 72.8 Å². The highest BCUT2D eigenvalue weighted by Crippen LogP contribution is 2.15. The standard InChI is InChI=1S/C36H70O5/c1-32(2)26-22-18-14-12-10-8-6-5-7-9-11-13-15-20-24-28-35(38)40-30-34(37)31-41-36(39)29-25-21-17-16-19-23-27-33(3)4/h32-34,37H,5-31H2,1-4H3/t34-/m0/s1. The first-order chi connectivity index (χ1) is 19.8. The molecule has 0 bridgehead atoms. The molecule has 0 saturated heterocycles. The smallest absolute Gasteiger partial charge is 0.305 e. The molecule has 0 fully saturated rings. The first-order valence-corrected chi connectivity index (χ1v) is 17.8. The molecule has 1 atom stereocenters. The van der Waals surface area contributed by atoms with Crippen LogP contribution in [0.15, 0.2) is 0 Å². The summed E-state index contributed by atoms with van der Waals surface area (Å²) in [4.78, 5) is 23.8. The number of rotatable bonds is 31. The predicted molar refractivity (Wildman–Crippen MR) is 173 cm³/mol. The van der Waals surface area contributed by atoms with Crippen molar-refractivity contribution in [3.8, 4) is 0 Å². The third-order valence-corrected chi connectivity index (χ3v) is 7.95. The first kappa shape index (κ1) is 39.9. The number of hydrogen-bond donors (Lipinski definition) is 1. The number of unbranched alkanes of at least 4 members (excludes halogenated alkanes) is 19. The molecule has 5 nitrogen and oxygen atoms in total. The van der Waals surface area contributed by atoms with E-state index in [-0.39, 0.29) is 25.2 Å². The Labute approximate surface area is 255 Å². The average Bonchev–Trinajstić information content (AvgIpc) is 2.93. The molecule has 0 aromatic rings. The van der Waals surface area contributed by atoms with Gasteiger partial charge in [-0.05, 0) is 24.7 Å². The van der Waals surface area contributed by atoms with Gasteiger partial charge in [0.25, 0.3) is 0 Å². The number of ether oxygens (including phenoxy) is 2. The van der Waals surface area contributed by atoms with Gasteiger partial charge in [-0.1, -0.05) is 163 Å². The maximum absolute atomic E-state index is 11.9. The fourth-order valence-corrected chi connectivity index (χ4v) is 5.22. The molecule has 0 saturated carbocycles. The van der Waals surface area contributed by atoms with Crippen LogP contribution in [0.2, 0.25) is 0 Å². The average molecular weight is 583 g/mol. The van der Waals surface area contributed by atoms with Crippen molar-refractivity contribution >= 4 is 11.9 Å². The van der Waals surface area contributed by atoms with Crippen LogP contribution in [-0.2, 0) is 19.1 Å². The molecule has 0 aliphatic rings. The van der Waals surface area contributed by atoms with Crippen LogP contribution < -0.4 is 0 Å². The molecule has 0 spiro atoms. The molecule has 0 heterocycles. The number of aliphatic hydroxyl groups is 1. The number of carbonyl (C=O) groups is 2. The largest absolute Gasteiger partial charge is 0.463 e. The van der Waals surface area contributed by atoms with Gasteiger partial charge >= 0.3 is 11.9 Å². The molecule has 0 radical (unpaired) electrons. The predicted octanol–water partition coefficient (Wildman–Crippen LogP) is 10.5. The van der Waals surface area contributed by atoms with Crippen molar-refractivity contribution in [1.82, 2.24) is 0 Å². The third kappa shape index (κ3) is 33.3. The summed E-state index contributed by atoms with van der Waals surface area (Å²) in [6, 6.07) is 0. The molecule has 0 unspecified atom stereocenters. The fraction of sp³-hybridized carbons (Fsp3) is 0.944. The zero-order valence-electron chi connectivity index (χ0n) is 27.9. The Kier molecular flexibility index (Phi) is 29.5. The van der Waals surface area contributed by atoms with E-state index in [0.717, 1.165) is 43.9 Å². The van der Waals surface area contributed by atoms with Gasteiger partial charge in [0, 0.05) is 12.8 Å². The summed E-state index contributed by atoms with van der Waals surface area (Å²) < 4.78 is 10.3. The van der Waals surface area contributed by atoms with Gasteiger partial charge in [-0.15, -0.1) is 0 Å². The summed E-state index contributed by atoms with van der Waals surface area (Å²) in [6.45, 7) is 8.93. The molecule has 244 valence electrons. The molecular formula is C36H70O5. The van der Waals surface area contributed by atoms with Crippen molar-refractivity contribution in [3.05, 3.63) is 0 Å². The van der Waals surface area contributed by atoms with Gasteiger partial charge in [0.05, 0.1) is 0 Å². The quantitative estimate of drug-likeness (QED) is 0.0650. The SMILES string of the molecule is CC(C)CCCCCCCCCCCCCCCCCC(=O)OC[C@H](O)COC(=O)CCCCCCCCC(C)C. The first-order valence-electron chi connectivity index (χ1n) is 17.8.